The Hall–Kier alpha value is -1.55. The van der Waals surface area contributed by atoms with Crippen molar-refractivity contribution in [2.45, 2.75) is 26.2 Å². The van der Waals surface area contributed by atoms with Gasteiger partial charge in [0.25, 0.3) is 0 Å². The van der Waals surface area contributed by atoms with Crippen LogP contribution in [0.4, 0.5) is 0 Å². The highest BCUT2D eigenvalue weighted by atomic mass is 16.3. The Labute approximate surface area is 120 Å². The van der Waals surface area contributed by atoms with E-state index in [2.05, 4.69) is 17.1 Å². The lowest BCUT2D eigenvalue weighted by molar-refractivity contribution is -0.120. The molecular weight excluding hydrogens is 252 g/mol. The summed E-state index contributed by atoms with van der Waals surface area (Å²) in [6.45, 7) is 6.34. The summed E-state index contributed by atoms with van der Waals surface area (Å²) >= 11 is 0. The van der Waals surface area contributed by atoms with E-state index in [4.69, 9.17) is 0 Å². The highest BCUT2D eigenvalue weighted by molar-refractivity contribution is 5.78. The van der Waals surface area contributed by atoms with Crippen LogP contribution in [0, 0.1) is 5.92 Å². The average molecular weight is 276 g/mol. The maximum atomic E-state index is 11.9. The Kier molecular flexibility index (Phi) is 5.41. The zero-order valence-electron chi connectivity index (χ0n) is 12.1. The van der Waals surface area contributed by atoms with Gasteiger partial charge in [0.2, 0.25) is 5.91 Å². The minimum atomic E-state index is 0.0175. The van der Waals surface area contributed by atoms with Crippen molar-refractivity contribution in [3.63, 3.8) is 0 Å². The molecule has 0 aliphatic carbocycles. The molecule has 1 heterocycles. The zero-order valence-corrected chi connectivity index (χ0v) is 12.1. The molecule has 4 heteroatoms. The van der Waals surface area contributed by atoms with E-state index in [-0.39, 0.29) is 11.7 Å². The molecule has 0 saturated carbocycles. The summed E-state index contributed by atoms with van der Waals surface area (Å²) in [5.41, 5.74) is 0.842. The van der Waals surface area contributed by atoms with E-state index in [9.17, 15) is 9.90 Å². The van der Waals surface area contributed by atoms with Crippen LogP contribution in [0.25, 0.3) is 0 Å². The molecule has 0 spiro atoms. The molecule has 2 rings (SSSR count). The first-order chi connectivity index (χ1) is 9.63. The predicted octanol–water partition coefficient (Wildman–Crippen LogP) is 1.78. The molecular formula is C16H24N2O2. The van der Waals surface area contributed by atoms with Gasteiger partial charge in [-0.1, -0.05) is 19.1 Å². The van der Waals surface area contributed by atoms with Crippen molar-refractivity contribution in [3.05, 3.63) is 29.8 Å². The summed E-state index contributed by atoms with van der Waals surface area (Å²) in [6.07, 6.45) is 2.93. The second-order valence-electron chi connectivity index (χ2n) is 5.76. The van der Waals surface area contributed by atoms with Gasteiger partial charge in [-0.05, 0) is 49.5 Å². The van der Waals surface area contributed by atoms with Gasteiger partial charge in [-0.2, -0.15) is 0 Å². The van der Waals surface area contributed by atoms with Crippen LogP contribution >= 0.6 is 0 Å². The molecule has 1 unspecified atom stereocenters. The fourth-order valence-corrected chi connectivity index (χ4v) is 2.67. The maximum Gasteiger partial charge on any atom is 0.224 e. The molecule has 110 valence electrons. The third kappa shape index (κ3) is 4.85. The second-order valence-corrected chi connectivity index (χ2v) is 5.76. The highest BCUT2D eigenvalue weighted by Gasteiger charge is 2.15. The van der Waals surface area contributed by atoms with E-state index in [0.717, 1.165) is 12.1 Å². The number of hydrogen-bond acceptors (Lipinski definition) is 3. The third-order valence-electron chi connectivity index (χ3n) is 3.69. The summed E-state index contributed by atoms with van der Waals surface area (Å²) in [4.78, 5) is 14.3. The molecule has 1 atom stereocenters. The van der Waals surface area contributed by atoms with Crippen molar-refractivity contribution < 1.29 is 9.90 Å². The summed E-state index contributed by atoms with van der Waals surface area (Å²) in [5.74, 6) is 0.697. The normalized spacial score (nSPS) is 17.1. The molecule has 1 aromatic carbocycles. The van der Waals surface area contributed by atoms with Crippen LogP contribution in [0.15, 0.2) is 24.3 Å². The van der Waals surface area contributed by atoms with Gasteiger partial charge in [0.1, 0.15) is 5.75 Å². The molecule has 20 heavy (non-hydrogen) atoms. The molecule has 0 bridgehead atoms. The van der Waals surface area contributed by atoms with Gasteiger partial charge in [-0.15, -0.1) is 0 Å². The van der Waals surface area contributed by atoms with Crippen molar-refractivity contribution in [1.29, 1.82) is 0 Å². The number of rotatable bonds is 6. The van der Waals surface area contributed by atoms with Crippen LogP contribution in [0.1, 0.15) is 25.3 Å². The minimum absolute atomic E-state index is 0.0175. The molecule has 0 aromatic heterocycles. The van der Waals surface area contributed by atoms with E-state index >= 15 is 0 Å². The number of carbonyl (C=O) groups is 1. The minimum Gasteiger partial charge on any atom is -0.508 e. The van der Waals surface area contributed by atoms with Gasteiger partial charge >= 0.3 is 0 Å². The van der Waals surface area contributed by atoms with Crippen molar-refractivity contribution in [1.82, 2.24) is 10.2 Å². The van der Waals surface area contributed by atoms with Crippen LogP contribution in [-0.2, 0) is 11.2 Å². The summed E-state index contributed by atoms with van der Waals surface area (Å²) in [5, 5.41) is 12.3. The maximum absolute atomic E-state index is 11.9. The van der Waals surface area contributed by atoms with Crippen LogP contribution in [-0.4, -0.2) is 42.1 Å². The van der Waals surface area contributed by atoms with Crippen LogP contribution in [0.2, 0.25) is 0 Å². The first kappa shape index (κ1) is 14.9. The standard InChI is InChI=1S/C16H24N2O2/c1-13(12-18-7-2-3-8-18)11-17-16(20)10-14-5-4-6-15(19)9-14/h4-6,9,13,19H,2-3,7-8,10-12H2,1H3,(H,17,20). The van der Waals surface area contributed by atoms with E-state index in [1.165, 1.54) is 25.9 Å². The number of phenolic OH excluding ortho intramolecular Hbond substituents is 1. The molecule has 1 aliphatic rings. The van der Waals surface area contributed by atoms with Crippen LogP contribution in [0.3, 0.4) is 0 Å². The topological polar surface area (TPSA) is 52.6 Å². The third-order valence-corrected chi connectivity index (χ3v) is 3.69. The lowest BCUT2D eigenvalue weighted by atomic mass is 10.1. The number of nitrogens with one attached hydrogen (secondary N) is 1. The predicted molar refractivity (Wildman–Crippen MR) is 79.7 cm³/mol. The molecule has 0 radical (unpaired) electrons. The van der Waals surface area contributed by atoms with E-state index in [1.807, 2.05) is 6.07 Å². The van der Waals surface area contributed by atoms with E-state index < -0.39 is 0 Å². The van der Waals surface area contributed by atoms with Gasteiger partial charge in [0.15, 0.2) is 0 Å². The quantitative estimate of drug-likeness (QED) is 0.833. The molecule has 1 aromatic rings. The Morgan fingerprint density at radius 2 is 2.15 bits per heavy atom. The fourth-order valence-electron chi connectivity index (χ4n) is 2.67. The smallest absolute Gasteiger partial charge is 0.224 e. The highest BCUT2D eigenvalue weighted by Crippen LogP contribution is 2.12. The number of aromatic hydroxyl groups is 1. The van der Waals surface area contributed by atoms with Gasteiger partial charge in [0.05, 0.1) is 6.42 Å². The monoisotopic (exact) mass is 276 g/mol. The van der Waals surface area contributed by atoms with Gasteiger partial charge in [0, 0.05) is 13.1 Å². The summed E-state index contributed by atoms with van der Waals surface area (Å²) in [7, 11) is 0. The van der Waals surface area contributed by atoms with Crippen molar-refractivity contribution in [3.8, 4) is 5.75 Å². The average Bonchev–Trinajstić information content (AvgIpc) is 2.89. The molecule has 1 aliphatic heterocycles. The Morgan fingerprint density at radius 3 is 2.85 bits per heavy atom. The number of benzene rings is 1. The Bertz CT molecular complexity index is 442. The number of carbonyl (C=O) groups excluding carboxylic acids is 1. The largest absolute Gasteiger partial charge is 0.508 e. The number of nitrogens with zero attached hydrogens (tertiary/aromatic N) is 1. The Balaban J connectivity index is 1.69. The number of hydrogen-bond donors (Lipinski definition) is 2. The first-order valence-corrected chi connectivity index (χ1v) is 7.40. The van der Waals surface area contributed by atoms with E-state index in [0.29, 0.717) is 18.9 Å². The first-order valence-electron chi connectivity index (χ1n) is 7.40. The second kappa shape index (κ2) is 7.29. The molecule has 1 saturated heterocycles. The molecule has 1 fully saturated rings. The lowest BCUT2D eigenvalue weighted by Gasteiger charge is -2.20. The molecule has 2 N–H and O–H groups in total. The molecule has 1 amide bonds. The molecule has 4 nitrogen and oxygen atoms in total. The van der Waals surface area contributed by atoms with Gasteiger partial charge in [-0.3, -0.25) is 4.79 Å². The summed E-state index contributed by atoms with van der Waals surface area (Å²) in [6, 6.07) is 6.85. The fraction of sp³-hybridized carbons (Fsp3) is 0.562. The SMILES string of the molecule is CC(CNC(=O)Cc1cccc(O)c1)CN1CCCC1. The number of phenols is 1. The van der Waals surface area contributed by atoms with Gasteiger partial charge in [-0.25, -0.2) is 0 Å². The number of likely N-dealkylation sites (tertiary alicyclic amines) is 1. The van der Waals surface area contributed by atoms with Crippen LogP contribution < -0.4 is 5.32 Å². The zero-order chi connectivity index (χ0) is 14.4. The van der Waals surface area contributed by atoms with Crippen molar-refractivity contribution in [2.24, 2.45) is 5.92 Å². The van der Waals surface area contributed by atoms with E-state index in [1.54, 1.807) is 18.2 Å². The lowest BCUT2D eigenvalue weighted by Crippen LogP contribution is -2.35. The van der Waals surface area contributed by atoms with Crippen molar-refractivity contribution in [2.75, 3.05) is 26.2 Å². The van der Waals surface area contributed by atoms with Crippen LogP contribution in [0.5, 0.6) is 5.75 Å². The van der Waals surface area contributed by atoms with Gasteiger partial charge < -0.3 is 15.3 Å². The number of amides is 1. The summed E-state index contributed by atoms with van der Waals surface area (Å²) < 4.78 is 0. The Morgan fingerprint density at radius 1 is 1.40 bits per heavy atom. The van der Waals surface area contributed by atoms with Crippen molar-refractivity contribution >= 4 is 5.91 Å².